The van der Waals surface area contributed by atoms with E-state index in [9.17, 15) is 9.90 Å². The van der Waals surface area contributed by atoms with Gasteiger partial charge in [0.05, 0.1) is 30.6 Å². The summed E-state index contributed by atoms with van der Waals surface area (Å²) in [5.41, 5.74) is 1.15. The second kappa shape index (κ2) is 6.54. The minimum Gasteiger partial charge on any atom is -0.462 e. The van der Waals surface area contributed by atoms with Crippen LogP contribution in [-0.4, -0.2) is 36.6 Å². The third-order valence-corrected chi connectivity index (χ3v) is 3.00. The number of carbonyl (C=O) groups excluding carboxylic acids is 1. The number of hydrogen-bond donors (Lipinski definition) is 2. The molecule has 2 unspecified atom stereocenters. The molecule has 0 amide bonds. The summed E-state index contributed by atoms with van der Waals surface area (Å²) in [5, 5.41) is 12.7. The second-order valence-corrected chi connectivity index (χ2v) is 4.45. The first-order chi connectivity index (χ1) is 9.20. The van der Waals surface area contributed by atoms with Crippen LogP contribution >= 0.6 is 0 Å². The van der Waals surface area contributed by atoms with Crippen molar-refractivity contribution in [1.82, 2.24) is 0 Å². The number of carbonyl (C=O) groups is 1. The molecule has 0 spiro atoms. The van der Waals surface area contributed by atoms with Crippen molar-refractivity contribution in [1.29, 1.82) is 0 Å². The molecule has 5 heteroatoms. The number of esters is 1. The lowest BCUT2D eigenvalue weighted by Gasteiger charge is -2.28. The van der Waals surface area contributed by atoms with Crippen LogP contribution in [0.1, 0.15) is 30.1 Å². The van der Waals surface area contributed by atoms with Crippen molar-refractivity contribution in [2.75, 3.05) is 18.5 Å². The van der Waals surface area contributed by atoms with E-state index in [4.69, 9.17) is 9.47 Å². The van der Waals surface area contributed by atoms with Gasteiger partial charge in [-0.2, -0.15) is 0 Å². The molecule has 104 valence electrons. The Kier molecular flexibility index (Phi) is 4.76. The summed E-state index contributed by atoms with van der Waals surface area (Å²) in [4.78, 5) is 11.8. The van der Waals surface area contributed by atoms with Gasteiger partial charge in [0, 0.05) is 6.42 Å². The first kappa shape index (κ1) is 13.8. The molecule has 2 rings (SSSR count). The zero-order valence-electron chi connectivity index (χ0n) is 11.0. The maximum absolute atomic E-state index is 11.8. The summed E-state index contributed by atoms with van der Waals surface area (Å²) >= 11 is 0. The van der Waals surface area contributed by atoms with Gasteiger partial charge in [0.2, 0.25) is 0 Å². The highest BCUT2D eigenvalue weighted by molar-refractivity contribution is 5.95. The molecule has 1 aliphatic rings. The number of para-hydroxylation sites is 1. The smallest absolute Gasteiger partial charge is 0.340 e. The van der Waals surface area contributed by atoms with Gasteiger partial charge < -0.3 is 19.9 Å². The summed E-state index contributed by atoms with van der Waals surface area (Å²) < 4.78 is 10.5. The Bertz CT molecular complexity index is 435. The average molecular weight is 265 g/mol. The molecule has 1 aliphatic heterocycles. The summed E-state index contributed by atoms with van der Waals surface area (Å²) in [7, 11) is 0. The van der Waals surface area contributed by atoms with Gasteiger partial charge in [0.1, 0.15) is 6.23 Å². The van der Waals surface area contributed by atoms with Gasteiger partial charge in [-0.3, -0.25) is 0 Å². The normalized spacial score (nSPS) is 22.8. The lowest BCUT2D eigenvalue weighted by Crippen LogP contribution is -2.34. The summed E-state index contributed by atoms with van der Waals surface area (Å²) in [6.45, 7) is 2.63. The summed E-state index contributed by atoms with van der Waals surface area (Å²) in [6, 6.07) is 7.13. The van der Waals surface area contributed by atoms with Crippen LogP contribution in [0.4, 0.5) is 5.69 Å². The molecule has 1 aromatic rings. The number of rotatable bonds is 4. The monoisotopic (exact) mass is 265 g/mol. The molecule has 1 heterocycles. The van der Waals surface area contributed by atoms with E-state index >= 15 is 0 Å². The predicted molar refractivity (Wildman–Crippen MR) is 71.0 cm³/mol. The Morgan fingerprint density at radius 1 is 1.53 bits per heavy atom. The van der Waals surface area contributed by atoms with E-state index in [1.807, 2.05) is 6.07 Å². The van der Waals surface area contributed by atoms with E-state index in [2.05, 4.69) is 5.32 Å². The van der Waals surface area contributed by atoms with Crippen molar-refractivity contribution in [2.45, 2.75) is 32.1 Å². The number of benzene rings is 1. The molecule has 0 radical (unpaired) electrons. The van der Waals surface area contributed by atoms with E-state index < -0.39 is 0 Å². The molecule has 1 saturated heterocycles. The first-order valence-electron chi connectivity index (χ1n) is 6.53. The van der Waals surface area contributed by atoms with Crippen LogP contribution in [-0.2, 0) is 9.47 Å². The number of nitrogens with one attached hydrogen (secondary N) is 1. The Labute approximate surface area is 112 Å². The zero-order valence-corrected chi connectivity index (χ0v) is 11.0. The van der Waals surface area contributed by atoms with Crippen LogP contribution in [0.25, 0.3) is 0 Å². The Hall–Kier alpha value is -1.59. The fraction of sp³-hybridized carbons (Fsp3) is 0.500. The fourth-order valence-electron chi connectivity index (χ4n) is 2.05. The average Bonchev–Trinajstić information content (AvgIpc) is 2.39. The largest absolute Gasteiger partial charge is 0.462 e. The number of hydrogen-bond acceptors (Lipinski definition) is 5. The van der Waals surface area contributed by atoms with Gasteiger partial charge in [-0.05, 0) is 25.5 Å². The van der Waals surface area contributed by atoms with Gasteiger partial charge in [-0.25, -0.2) is 4.79 Å². The van der Waals surface area contributed by atoms with Crippen LogP contribution in [0, 0.1) is 0 Å². The molecule has 0 bridgehead atoms. The molecular formula is C14H19NO4. The van der Waals surface area contributed by atoms with Crippen LogP contribution in [0.15, 0.2) is 24.3 Å². The van der Waals surface area contributed by atoms with E-state index in [-0.39, 0.29) is 18.3 Å². The van der Waals surface area contributed by atoms with Crippen LogP contribution in [0.5, 0.6) is 0 Å². The Morgan fingerprint density at radius 3 is 3.05 bits per heavy atom. The van der Waals surface area contributed by atoms with Crippen molar-refractivity contribution in [2.24, 2.45) is 0 Å². The Morgan fingerprint density at radius 2 is 2.32 bits per heavy atom. The minimum absolute atomic E-state index is 0.278. The lowest BCUT2D eigenvalue weighted by molar-refractivity contribution is -0.0297. The number of aliphatic hydroxyl groups excluding tert-OH is 1. The molecule has 0 aromatic heterocycles. The standard InChI is InChI=1S/C14H19NO4/c1-2-18-14(17)11-5-3-4-6-12(11)15-13-9-10(16)7-8-19-13/h3-6,10,13,15-16H,2,7-9H2,1H3. The molecule has 1 aromatic carbocycles. The SMILES string of the molecule is CCOC(=O)c1ccccc1NC1CC(O)CCO1. The van der Waals surface area contributed by atoms with Crippen molar-refractivity contribution < 1.29 is 19.4 Å². The van der Waals surface area contributed by atoms with Crippen LogP contribution < -0.4 is 5.32 Å². The molecule has 5 nitrogen and oxygen atoms in total. The second-order valence-electron chi connectivity index (χ2n) is 4.45. The molecule has 2 N–H and O–H groups in total. The highest BCUT2D eigenvalue weighted by Crippen LogP contribution is 2.21. The molecule has 2 atom stereocenters. The van der Waals surface area contributed by atoms with Gasteiger partial charge >= 0.3 is 5.97 Å². The summed E-state index contributed by atoms with van der Waals surface area (Å²) in [6.07, 6.45) is 0.523. The van der Waals surface area contributed by atoms with E-state index in [1.54, 1.807) is 25.1 Å². The van der Waals surface area contributed by atoms with Gasteiger partial charge in [-0.1, -0.05) is 12.1 Å². The predicted octanol–water partition coefficient (Wildman–Crippen LogP) is 1.77. The van der Waals surface area contributed by atoms with Crippen molar-refractivity contribution >= 4 is 11.7 Å². The van der Waals surface area contributed by atoms with Crippen LogP contribution in [0.2, 0.25) is 0 Å². The number of ether oxygens (including phenoxy) is 2. The zero-order chi connectivity index (χ0) is 13.7. The van der Waals surface area contributed by atoms with Crippen molar-refractivity contribution in [3.05, 3.63) is 29.8 Å². The quantitative estimate of drug-likeness (QED) is 0.812. The molecule has 0 saturated carbocycles. The van der Waals surface area contributed by atoms with Crippen molar-refractivity contribution in [3.63, 3.8) is 0 Å². The highest BCUT2D eigenvalue weighted by atomic mass is 16.5. The topological polar surface area (TPSA) is 67.8 Å². The number of aliphatic hydroxyl groups is 1. The van der Waals surface area contributed by atoms with Crippen LogP contribution in [0.3, 0.4) is 0 Å². The van der Waals surface area contributed by atoms with E-state index in [0.717, 1.165) is 0 Å². The van der Waals surface area contributed by atoms with Gasteiger partial charge in [0.25, 0.3) is 0 Å². The molecule has 19 heavy (non-hydrogen) atoms. The lowest BCUT2D eigenvalue weighted by atomic mass is 10.1. The first-order valence-corrected chi connectivity index (χ1v) is 6.53. The maximum Gasteiger partial charge on any atom is 0.340 e. The molecule has 0 aliphatic carbocycles. The van der Waals surface area contributed by atoms with E-state index in [1.165, 1.54) is 0 Å². The van der Waals surface area contributed by atoms with E-state index in [0.29, 0.717) is 37.3 Å². The third kappa shape index (κ3) is 3.68. The van der Waals surface area contributed by atoms with Gasteiger partial charge in [-0.15, -0.1) is 0 Å². The fourth-order valence-corrected chi connectivity index (χ4v) is 2.05. The van der Waals surface area contributed by atoms with Gasteiger partial charge in [0.15, 0.2) is 0 Å². The third-order valence-electron chi connectivity index (χ3n) is 3.00. The Balaban J connectivity index is 2.09. The minimum atomic E-state index is -0.360. The maximum atomic E-state index is 11.8. The molecule has 1 fully saturated rings. The number of anilines is 1. The molecular weight excluding hydrogens is 246 g/mol. The highest BCUT2D eigenvalue weighted by Gasteiger charge is 2.22. The van der Waals surface area contributed by atoms with Crippen molar-refractivity contribution in [3.8, 4) is 0 Å². The summed E-state index contributed by atoms with van der Waals surface area (Å²) in [5.74, 6) is -0.359.